The van der Waals surface area contributed by atoms with E-state index in [1.54, 1.807) is 4.68 Å². The minimum atomic E-state index is 0.131. The van der Waals surface area contributed by atoms with Gasteiger partial charge >= 0.3 is 0 Å². The number of benzene rings is 2. The van der Waals surface area contributed by atoms with Crippen LogP contribution in [0.15, 0.2) is 53.7 Å². The van der Waals surface area contributed by atoms with E-state index in [1.807, 2.05) is 54.3 Å². The molecule has 1 aromatic heterocycles. The zero-order chi connectivity index (χ0) is 19.3. The smallest absolute Gasteiger partial charge is 0.227 e. The fourth-order valence-corrected chi connectivity index (χ4v) is 4.10. The van der Waals surface area contributed by atoms with Crippen LogP contribution in [0.4, 0.5) is 5.69 Å². The van der Waals surface area contributed by atoms with Gasteiger partial charge in [-0.2, -0.15) is 4.68 Å². The average molecular weight is 395 g/mol. The molecule has 4 rings (SSSR count). The Bertz CT molecular complexity index is 974. The molecule has 2 heterocycles. The predicted molar refractivity (Wildman–Crippen MR) is 108 cm³/mol. The van der Waals surface area contributed by atoms with E-state index in [2.05, 4.69) is 21.6 Å². The fraction of sp³-hybridized carbons (Fsp3) is 0.300. The first-order valence-corrected chi connectivity index (χ1v) is 10.3. The highest BCUT2D eigenvalue weighted by Gasteiger charge is 2.24. The van der Waals surface area contributed by atoms with Crippen LogP contribution in [0.25, 0.3) is 5.69 Å². The SMILES string of the molecule is CCOc1ccccc1-n1nnnc1SCCC(=O)N1CCc2ccccc21. The Labute approximate surface area is 167 Å². The highest BCUT2D eigenvalue weighted by atomic mass is 32.2. The van der Waals surface area contributed by atoms with Crippen LogP contribution in [0, 0.1) is 0 Å². The van der Waals surface area contributed by atoms with Crippen molar-refractivity contribution < 1.29 is 9.53 Å². The van der Waals surface area contributed by atoms with Crippen molar-refractivity contribution in [3.05, 3.63) is 54.1 Å². The summed E-state index contributed by atoms with van der Waals surface area (Å²) in [4.78, 5) is 14.5. The van der Waals surface area contributed by atoms with Crippen LogP contribution < -0.4 is 9.64 Å². The molecule has 0 spiro atoms. The van der Waals surface area contributed by atoms with Crippen molar-refractivity contribution in [1.82, 2.24) is 20.2 Å². The van der Waals surface area contributed by atoms with Gasteiger partial charge in [-0.05, 0) is 47.5 Å². The summed E-state index contributed by atoms with van der Waals surface area (Å²) < 4.78 is 7.33. The summed E-state index contributed by atoms with van der Waals surface area (Å²) in [7, 11) is 0. The Hall–Kier alpha value is -2.87. The van der Waals surface area contributed by atoms with Gasteiger partial charge in [-0.25, -0.2) is 0 Å². The van der Waals surface area contributed by atoms with E-state index in [9.17, 15) is 4.79 Å². The van der Waals surface area contributed by atoms with E-state index in [-0.39, 0.29) is 5.91 Å². The van der Waals surface area contributed by atoms with Crippen LogP contribution in [-0.4, -0.2) is 45.0 Å². The van der Waals surface area contributed by atoms with Crippen molar-refractivity contribution in [1.29, 1.82) is 0 Å². The van der Waals surface area contributed by atoms with Gasteiger partial charge in [0.25, 0.3) is 0 Å². The number of anilines is 1. The summed E-state index contributed by atoms with van der Waals surface area (Å²) in [6, 6.07) is 15.7. The maximum Gasteiger partial charge on any atom is 0.227 e. The first-order chi connectivity index (χ1) is 13.8. The van der Waals surface area contributed by atoms with E-state index < -0.39 is 0 Å². The number of hydrogen-bond donors (Lipinski definition) is 0. The minimum Gasteiger partial charge on any atom is -0.492 e. The lowest BCUT2D eigenvalue weighted by atomic mass is 10.2. The molecule has 1 amide bonds. The van der Waals surface area contributed by atoms with Crippen molar-refractivity contribution in [2.24, 2.45) is 0 Å². The molecule has 3 aromatic rings. The predicted octanol–water partition coefficient (Wildman–Crippen LogP) is 3.13. The van der Waals surface area contributed by atoms with Crippen LogP contribution in [0.1, 0.15) is 18.9 Å². The summed E-state index contributed by atoms with van der Waals surface area (Å²) in [6.07, 6.45) is 1.35. The quantitative estimate of drug-likeness (QED) is 0.572. The summed E-state index contributed by atoms with van der Waals surface area (Å²) in [5.41, 5.74) is 3.06. The molecule has 8 heteroatoms. The Morgan fingerprint density at radius 3 is 2.79 bits per heavy atom. The lowest BCUT2D eigenvalue weighted by Crippen LogP contribution is -2.29. The molecule has 2 aromatic carbocycles. The molecule has 28 heavy (non-hydrogen) atoms. The Morgan fingerprint density at radius 2 is 1.93 bits per heavy atom. The van der Waals surface area contributed by atoms with Gasteiger partial charge in [-0.1, -0.05) is 42.1 Å². The molecule has 0 saturated heterocycles. The van der Waals surface area contributed by atoms with Crippen LogP contribution in [0.5, 0.6) is 5.75 Å². The standard InChI is InChI=1S/C20H21N5O2S/c1-2-27-18-10-6-5-9-17(18)25-20(21-22-23-25)28-14-12-19(26)24-13-11-15-7-3-4-8-16(15)24/h3-10H,2,11-14H2,1H3. The molecule has 0 atom stereocenters. The molecule has 0 radical (unpaired) electrons. The largest absolute Gasteiger partial charge is 0.492 e. The lowest BCUT2D eigenvalue weighted by molar-refractivity contribution is -0.118. The van der Waals surface area contributed by atoms with Gasteiger partial charge < -0.3 is 9.64 Å². The molecule has 0 fully saturated rings. The molecule has 1 aliphatic heterocycles. The van der Waals surface area contributed by atoms with Crippen molar-refractivity contribution in [2.45, 2.75) is 24.9 Å². The van der Waals surface area contributed by atoms with Crippen LogP contribution in [0.3, 0.4) is 0 Å². The van der Waals surface area contributed by atoms with Gasteiger partial charge in [0.1, 0.15) is 11.4 Å². The number of ether oxygens (including phenoxy) is 1. The number of amides is 1. The molecule has 1 aliphatic rings. The number of fused-ring (bicyclic) bond motifs is 1. The molecule has 144 valence electrons. The zero-order valence-electron chi connectivity index (χ0n) is 15.6. The lowest BCUT2D eigenvalue weighted by Gasteiger charge is -2.17. The van der Waals surface area contributed by atoms with Crippen LogP contribution in [-0.2, 0) is 11.2 Å². The third-order valence-electron chi connectivity index (χ3n) is 4.57. The molecular weight excluding hydrogens is 374 g/mol. The minimum absolute atomic E-state index is 0.131. The second kappa shape index (κ2) is 8.43. The Kier molecular flexibility index (Phi) is 5.57. The van der Waals surface area contributed by atoms with Crippen molar-refractivity contribution in [3.8, 4) is 11.4 Å². The van der Waals surface area contributed by atoms with Gasteiger partial charge in [0.15, 0.2) is 0 Å². The number of carbonyl (C=O) groups is 1. The number of hydrogen-bond acceptors (Lipinski definition) is 6. The number of para-hydroxylation sites is 3. The molecule has 7 nitrogen and oxygen atoms in total. The normalized spacial score (nSPS) is 12.8. The van der Waals surface area contributed by atoms with E-state index in [0.717, 1.165) is 30.1 Å². The first kappa shape index (κ1) is 18.5. The van der Waals surface area contributed by atoms with E-state index in [4.69, 9.17) is 4.74 Å². The summed E-state index contributed by atoms with van der Waals surface area (Å²) in [6.45, 7) is 3.25. The van der Waals surface area contributed by atoms with E-state index in [1.165, 1.54) is 17.3 Å². The summed E-state index contributed by atoms with van der Waals surface area (Å²) in [5.74, 6) is 1.46. The Balaban J connectivity index is 1.41. The Morgan fingerprint density at radius 1 is 1.14 bits per heavy atom. The molecular formula is C20H21N5O2S. The van der Waals surface area contributed by atoms with E-state index in [0.29, 0.717) is 23.9 Å². The van der Waals surface area contributed by atoms with Gasteiger partial charge in [0.2, 0.25) is 11.1 Å². The van der Waals surface area contributed by atoms with Gasteiger partial charge in [0, 0.05) is 24.4 Å². The maximum absolute atomic E-state index is 12.7. The monoisotopic (exact) mass is 395 g/mol. The van der Waals surface area contributed by atoms with Crippen LogP contribution in [0.2, 0.25) is 0 Å². The number of nitrogens with zero attached hydrogens (tertiary/aromatic N) is 5. The molecule has 0 bridgehead atoms. The van der Waals surface area contributed by atoms with Gasteiger partial charge in [-0.15, -0.1) is 5.10 Å². The zero-order valence-corrected chi connectivity index (χ0v) is 16.4. The molecule has 0 unspecified atom stereocenters. The maximum atomic E-state index is 12.7. The summed E-state index contributed by atoms with van der Waals surface area (Å²) >= 11 is 1.47. The van der Waals surface area contributed by atoms with E-state index >= 15 is 0 Å². The highest BCUT2D eigenvalue weighted by molar-refractivity contribution is 7.99. The van der Waals surface area contributed by atoms with Crippen molar-refractivity contribution >= 4 is 23.4 Å². The second-order valence-corrected chi connectivity index (χ2v) is 7.36. The number of carbonyl (C=O) groups excluding carboxylic acids is 1. The third kappa shape index (κ3) is 3.73. The van der Waals surface area contributed by atoms with Crippen molar-refractivity contribution in [3.63, 3.8) is 0 Å². The summed E-state index contributed by atoms with van der Waals surface area (Å²) in [5, 5.41) is 12.6. The number of tetrazole rings is 1. The molecule has 0 aliphatic carbocycles. The topological polar surface area (TPSA) is 73.1 Å². The molecule has 0 N–H and O–H groups in total. The van der Waals surface area contributed by atoms with Gasteiger partial charge in [-0.3, -0.25) is 4.79 Å². The third-order valence-corrected chi connectivity index (χ3v) is 5.49. The first-order valence-electron chi connectivity index (χ1n) is 9.29. The van der Waals surface area contributed by atoms with Crippen molar-refractivity contribution in [2.75, 3.05) is 23.8 Å². The molecule has 0 saturated carbocycles. The number of rotatable bonds is 7. The fourth-order valence-electron chi connectivity index (χ4n) is 3.29. The number of aromatic nitrogens is 4. The average Bonchev–Trinajstić information content (AvgIpc) is 3.35. The number of thioether (sulfide) groups is 1. The highest BCUT2D eigenvalue weighted by Crippen LogP contribution is 2.29. The van der Waals surface area contributed by atoms with Crippen LogP contribution >= 0.6 is 11.8 Å². The van der Waals surface area contributed by atoms with Gasteiger partial charge in [0.05, 0.1) is 6.61 Å². The second-order valence-electron chi connectivity index (χ2n) is 6.30.